The minimum atomic E-state index is 0.773. The summed E-state index contributed by atoms with van der Waals surface area (Å²) in [7, 11) is 0. The number of nitrogens with one attached hydrogen (secondary N) is 1. The highest BCUT2D eigenvalue weighted by Crippen LogP contribution is 2.37. The second kappa shape index (κ2) is 6.41. The van der Waals surface area contributed by atoms with Crippen LogP contribution in [-0.2, 0) is 0 Å². The van der Waals surface area contributed by atoms with E-state index in [0.717, 1.165) is 17.9 Å². The molecule has 2 heteroatoms. The summed E-state index contributed by atoms with van der Waals surface area (Å²) in [4.78, 5) is 0. The lowest BCUT2D eigenvalue weighted by Gasteiger charge is -2.36. The molecule has 0 saturated heterocycles. The molecule has 0 unspecified atom stereocenters. The van der Waals surface area contributed by atoms with E-state index in [1.54, 1.807) is 0 Å². The van der Waals surface area contributed by atoms with Crippen LogP contribution < -0.4 is 5.32 Å². The van der Waals surface area contributed by atoms with Crippen molar-refractivity contribution in [2.75, 3.05) is 6.54 Å². The topological polar surface area (TPSA) is 12.0 Å². The Bertz CT molecular complexity index is 388. The normalized spacial score (nSPS) is 27.4. The minimum absolute atomic E-state index is 0.773. The molecule has 0 heterocycles. The van der Waals surface area contributed by atoms with Crippen LogP contribution in [0.1, 0.15) is 56.4 Å². The fourth-order valence-corrected chi connectivity index (χ4v) is 3.85. The summed E-state index contributed by atoms with van der Waals surface area (Å²) in [5, 5.41) is 3.75. The summed E-state index contributed by atoms with van der Waals surface area (Å²) >= 11 is 3.50. The predicted molar refractivity (Wildman–Crippen MR) is 84.5 cm³/mol. The van der Waals surface area contributed by atoms with Crippen LogP contribution in [0.25, 0.3) is 0 Å². The second-order valence-corrected chi connectivity index (χ2v) is 7.23. The molecule has 0 aromatic heterocycles. The van der Waals surface area contributed by atoms with Crippen LogP contribution >= 0.6 is 15.9 Å². The van der Waals surface area contributed by atoms with Gasteiger partial charge in [0.05, 0.1) is 0 Å². The monoisotopic (exact) mass is 321 g/mol. The van der Waals surface area contributed by atoms with E-state index in [1.807, 2.05) is 0 Å². The quantitative estimate of drug-likeness (QED) is 0.816. The lowest BCUT2D eigenvalue weighted by Crippen LogP contribution is -2.40. The smallest absolute Gasteiger partial charge is 0.0175 e. The van der Waals surface area contributed by atoms with E-state index < -0.39 is 0 Å². The van der Waals surface area contributed by atoms with Gasteiger partial charge in [0.1, 0.15) is 0 Å². The summed E-state index contributed by atoms with van der Waals surface area (Å²) in [5.41, 5.74) is 1.51. The van der Waals surface area contributed by atoms with Gasteiger partial charge in [-0.25, -0.2) is 0 Å². The van der Waals surface area contributed by atoms with E-state index >= 15 is 0 Å². The van der Waals surface area contributed by atoms with E-state index in [1.165, 1.54) is 61.5 Å². The van der Waals surface area contributed by atoms with Crippen LogP contribution in [0.4, 0.5) is 0 Å². The van der Waals surface area contributed by atoms with Gasteiger partial charge in [0.25, 0.3) is 0 Å². The highest BCUT2D eigenvalue weighted by Gasteiger charge is 2.29. The first-order valence-corrected chi connectivity index (χ1v) is 8.59. The number of halogens is 1. The fraction of sp³-hybridized carbons (Fsp3) is 0.647. The maximum atomic E-state index is 3.75. The summed E-state index contributed by atoms with van der Waals surface area (Å²) in [5.74, 6) is 1.81. The van der Waals surface area contributed by atoms with Gasteiger partial charge in [-0.15, -0.1) is 0 Å². The molecule has 1 aromatic rings. The van der Waals surface area contributed by atoms with E-state index in [0.29, 0.717) is 0 Å². The molecule has 3 rings (SSSR count). The van der Waals surface area contributed by atoms with Crippen molar-refractivity contribution in [1.29, 1.82) is 0 Å². The third-order valence-corrected chi connectivity index (χ3v) is 5.47. The molecule has 0 bridgehead atoms. The third kappa shape index (κ3) is 3.61. The van der Waals surface area contributed by atoms with Crippen LogP contribution in [0.2, 0.25) is 0 Å². The van der Waals surface area contributed by atoms with E-state index in [4.69, 9.17) is 0 Å². The first kappa shape index (κ1) is 13.6. The highest BCUT2D eigenvalue weighted by atomic mass is 79.9. The molecule has 2 fully saturated rings. The SMILES string of the molecule is Brc1ccc(C2CC(NCCC3CCCC3)C2)cc1. The zero-order valence-electron chi connectivity index (χ0n) is 11.6. The number of rotatable bonds is 5. The molecule has 1 nitrogen and oxygen atoms in total. The Kier molecular flexibility index (Phi) is 4.60. The third-order valence-electron chi connectivity index (χ3n) is 4.94. The first-order chi connectivity index (χ1) is 9.31. The van der Waals surface area contributed by atoms with Gasteiger partial charge < -0.3 is 5.32 Å². The first-order valence-electron chi connectivity index (χ1n) is 7.80. The Morgan fingerprint density at radius 3 is 2.42 bits per heavy atom. The van der Waals surface area contributed by atoms with Crippen LogP contribution in [0, 0.1) is 5.92 Å². The lowest BCUT2D eigenvalue weighted by atomic mass is 9.76. The zero-order chi connectivity index (χ0) is 13.1. The van der Waals surface area contributed by atoms with Crippen molar-refractivity contribution >= 4 is 15.9 Å². The zero-order valence-corrected chi connectivity index (χ0v) is 13.2. The molecule has 2 aliphatic rings. The largest absolute Gasteiger partial charge is 0.314 e. The van der Waals surface area contributed by atoms with Crippen molar-refractivity contribution in [3.63, 3.8) is 0 Å². The molecule has 1 N–H and O–H groups in total. The van der Waals surface area contributed by atoms with Gasteiger partial charge >= 0.3 is 0 Å². The minimum Gasteiger partial charge on any atom is -0.314 e. The molecule has 0 aliphatic heterocycles. The molecular weight excluding hydrogens is 298 g/mol. The predicted octanol–water partition coefficient (Wildman–Crippen LogP) is 4.87. The summed E-state index contributed by atoms with van der Waals surface area (Å²) in [6.07, 6.45) is 9.96. The Morgan fingerprint density at radius 2 is 1.74 bits per heavy atom. The van der Waals surface area contributed by atoms with Gasteiger partial charge in [0, 0.05) is 10.5 Å². The van der Waals surface area contributed by atoms with E-state index in [9.17, 15) is 0 Å². The Balaban J connectivity index is 1.34. The molecule has 2 saturated carbocycles. The van der Waals surface area contributed by atoms with Crippen molar-refractivity contribution in [3.05, 3.63) is 34.3 Å². The standard InChI is InChI=1S/C17H24BrN/c18-16-7-5-14(6-8-16)15-11-17(12-15)19-10-9-13-3-1-2-4-13/h5-8,13,15,17,19H,1-4,9-12H2. The molecule has 0 spiro atoms. The average Bonchev–Trinajstić information content (AvgIpc) is 2.87. The molecule has 0 radical (unpaired) electrons. The van der Waals surface area contributed by atoms with E-state index in [2.05, 4.69) is 45.5 Å². The fourth-order valence-electron chi connectivity index (χ4n) is 3.58. The number of hydrogen-bond donors (Lipinski definition) is 1. The Labute approximate surface area is 125 Å². The number of hydrogen-bond acceptors (Lipinski definition) is 1. The van der Waals surface area contributed by atoms with Gasteiger partial charge in [0.2, 0.25) is 0 Å². The van der Waals surface area contributed by atoms with Crippen LogP contribution in [-0.4, -0.2) is 12.6 Å². The molecule has 104 valence electrons. The van der Waals surface area contributed by atoms with Gasteiger partial charge in [-0.05, 0) is 55.3 Å². The summed E-state index contributed by atoms with van der Waals surface area (Å²) in [6, 6.07) is 9.63. The van der Waals surface area contributed by atoms with Crippen molar-refractivity contribution in [3.8, 4) is 0 Å². The van der Waals surface area contributed by atoms with Crippen molar-refractivity contribution in [2.24, 2.45) is 5.92 Å². The van der Waals surface area contributed by atoms with Gasteiger partial charge in [-0.1, -0.05) is 53.7 Å². The van der Waals surface area contributed by atoms with Crippen LogP contribution in [0.5, 0.6) is 0 Å². The maximum Gasteiger partial charge on any atom is 0.0175 e. The molecule has 0 amide bonds. The summed E-state index contributed by atoms with van der Waals surface area (Å²) < 4.78 is 1.18. The molecule has 2 aliphatic carbocycles. The lowest BCUT2D eigenvalue weighted by molar-refractivity contribution is 0.283. The average molecular weight is 322 g/mol. The molecular formula is C17H24BrN. The van der Waals surface area contributed by atoms with Gasteiger partial charge in [-0.2, -0.15) is 0 Å². The Morgan fingerprint density at radius 1 is 1.05 bits per heavy atom. The summed E-state index contributed by atoms with van der Waals surface area (Å²) in [6.45, 7) is 1.24. The molecule has 0 atom stereocenters. The maximum absolute atomic E-state index is 3.75. The second-order valence-electron chi connectivity index (χ2n) is 6.31. The van der Waals surface area contributed by atoms with Crippen LogP contribution in [0.15, 0.2) is 28.7 Å². The van der Waals surface area contributed by atoms with Crippen molar-refractivity contribution in [1.82, 2.24) is 5.32 Å². The van der Waals surface area contributed by atoms with Crippen molar-refractivity contribution < 1.29 is 0 Å². The molecule has 1 aromatic carbocycles. The van der Waals surface area contributed by atoms with Crippen molar-refractivity contribution in [2.45, 2.75) is 56.9 Å². The number of benzene rings is 1. The Hall–Kier alpha value is -0.340. The highest BCUT2D eigenvalue weighted by molar-refractivity contribution is 9.10. The van der Waals surface area contributed by atoms with Gasteiger partial charge in [0.15, 0.2) is 0 Å². The molecule has 19 heavy (non-hydrogen) atoms. The van der Waals surface area contributed by atoms with E-state index in [-0.39, 0.29) is 0 Å². The van der Waals surface area contributed by atoms with Gasteiger partial charge in [-0.3, -0.25) is 0 Å². The van der Waals surface area contributed by atoms with Crippen LogP contribution in [0.3, 0.4) is 0 Å².